The lowest BCUT2D eigenvalue weighted by molar-refractivity contribution is 0.138. The number of anilines is 3. The van der Waals surface area contributed by atoms with E-state index in [0.717, 1.165) is 0 Å². The largest absolute Gasteiger partial charge is 0.395 e. The number of aliphatic hydroxyl groups is 1. The van der Waals surface area contributed by atoms with Crippen LogP contribution in [0, 0.1) is 0 Å². The average Bonchev–Trinajstić information content (AvgIpc) is 2.61. The molecule has 25 heavy (non-hydrogen) atoms. The van der Waals surface area contributed by atoms with Crippen molar-refractivity contribution in [2.45, 2.75) is 0 Å². The molecule has 0 aliphatic heterocycles. The Kier molecular flexibility index (Phi) is 9.96. The van der Waals surface area contributed by atoms with Gasteiger partial charge in [-0.3, -0.25) is 4.90 Å². The van der Waals surface area contributed by atoms with E-state index in [1.807, 2.05) is 0 Å². The molecule has 0 saturated carbocycles. The first-order chi connectivity index (χ1) is 12.1. The maximum absolute atomic E-state index is 9.29. The monoisotopic (exact) mass is 360 g/mol. The van der Waals surface area contributed by atoms with E-state index in [1.54, 1.807) is 50.2 Å². The number of methoxy groups -OCH3 is 4. The summed E-state index contributed by atoms with van der Waals surface area (Å²) in [6.45, 7) is 1.28. The summed E-state index contributed by atoms with van der Waals surface area (Å²) >= 11 is 0. The topological polar surface area (TPSA) is 106 Å². The van der Waals surface area contributed by atoms with E-state index >= 15 is 0 Å². The zero-order chi connectivity index (χ0) is 18.7. The zero-order valence-corrected chi connectivity index (χ0v) is 15.5. The van der Waals surface area contributed by atoms with Gasteiger partial charge < -0.3 is 33.9 Å². The molecular formula is C14H28N6O5. The quantitative estimate of drug-likeness (QED) is 0.453. The van der Waals surface area contributed by atoms with Crippen molar-refractivity contribution in [2.75, 3.05) is 90.3 Å². The summed E-state index contributed by atoms with van der Waals surface area (Å²) in [5, 5.41) is 9.29. The van der Waals surface area contributed by atoms with Gasteiger partial charge in [-0.25, -0.2) is 0 Å². The predicted octanol–water partition coefficient (Wildman–Crippen LogP) is -0.671. The number of aliphatic hydroxyl groups excluding tert-OH is 1. The highest BCUT2D eigenvalue weighted by Crippen LogP contribution is 2.18. The van der Waals surface area contributed by atoms with E-state index < -0.39 is 0 Å². The highest BCUT2D eigenvalue weighted by Gasteiger charge is 2.19. The number of hydrogen-bond donors (Lipinski definition) is 1. The number of ether oxygens (including phenoxy) is 4. The third-order valence-corrected chi connectivity index (χ3v) is 3.05. The molecule has 0 aliphatic carbocycles. The number of hydrogen-bond acceptors (Lipinski definition) is 11. The summed E-state index contributed by atoms with van der Waals surface area (Å²) in [5.74, 6) is 1.17. The standard InChI is InChI=1S/C14H28N6O5/c1-18(8-22-2)12-15-13(19(6-7-21)9-23-3)17-14(16-12)20(10-24-4)11-25-5/h21H,6-11H2,1-5H3. The van der Waals surface area contributed by atoms with Crippen LogP contribution in [0.4, 0.5) is 17.8 Å². The molecule has 11 nitrogen and oxygen atoms in total. The van der Waals surface area contributed by atoms with Crippen LogP contribution >= 0.6 is 0 Å². The van der Waals surface area contributed by atoms with Gasteiger partial charge in [0.15, 0.2) is 0 Å². The van der Waals surface area contributed by atoms with Crippen LogP contribution in [0.15, 0.2) is 0 Å². The first-order valence-corrected chi connectivity index (χ1v) is 7.64. The molecule has 0 bridgehead atoms. The molecule has 0 aliphatic rings. The Morgan fingerprint density at radius 3 is 1.64 bits per heavy atom. The molecule has 1 aromatic heterocycles. The molecular weight excluding hydrogens is 332 g/mol. The molecule has 1 rings (SSSR count). The second kappa shape index (κ2) is 11.7. The summed E-state index contributed by atoms with van der Waals surface area (Å²) in [4.78, 5) is 18.5. The molecule has 1 aromatic rings. The fraction of sp³-hybridized carbons (Fsp3) is 0.786. The Morgan fingerprint density at radius 1 is 0.720 bits per heavy atom. The van der Waals surface area contributed by atoms with E-state index in [0.29, 0.717) is 31.1 Å². The van der Waals surface area contributed by atoms with Crippen molar-refractivity contribution in [2.24, 2.45) is 0 Å². The van der Waals surface area contributed by atoms with Crippen LogP contribution in [0.1, 0.15) is 0 Å². The lowest BCUT2D eigenvalue weighted by Gasteiger charge is -2.26. The second-order valence-corrected chi connectivity index (χ2v) is 5.13. The van der Waals surface area contributed by atoms with Crippen molar-refractivity contribution < 1.29 is 24.1 Å². The minimum atomic E-state index is -0.0620. The maximum Gasteiger partial charge on any atom is 0.235 e. The lowest BCUT2D eigenvalue weighted by Crippen LogP contribution is -2.35. The van der Waals surface area contributed by atoms with E-state index in [4.69, 9.17) is 18.9 Å². The average molecular weight is 360 g/mol. The molecule has 0 spiro atoms. The van der Waals surface area contributed by atoms with Crippen LogP contribution in [0.5, 0.6) is 0 Å². The summed E-state index contributed by atoms with van der Waals surface area (Å²) in [6, 6.07) is 0. The van der Waals surface area contributed by atoms with E-state index in [9.17, 15) is 5.11 Å². The van der Waals surface area contributed by atoms with Gasteiger partial charge in [-0.2, -0.15) is 15.0 Å². The molecule has 0 radical (unpaired) electrons. The van der Waals surface area contributed by atoms with Crippen molar-refractivity contribution in [3.63, 3.8) is 0 Å². The fourth-order valence-corrected chi connectivity index (χ4v) is 2.01. The van der Waals surface area contributed by atoms with Crippen LogP contribution in [0.2, 0.25) is 0 Å². The SMILES string of the molecule is COCN(C)c1nc(N(CCO)COC)nc(N(COC)COC)n1. The number of rotatable bonds is 13. The van der Waals surface area contributed by atoms with Gasteiger partial charge in [0.2, 0.25) is 17.8 Å². The van der Waals surface area contributed by atoms with Gasteiger partial charge in [0.25, 0.3) is 0 Å². The summed E-state index contributed by atoms with van der Waals surface area (Å²) in [5.41, 5.74) is 0. The first-order valence-electron chi connectivity index (χ1n) is 7.64. The van der Waals surface area contributed by atoms with Crippen molar-refractivity contribution in [1.82, 2.24) is 15.0 Å². The van der Waals surface area contributed by atoms with E-state index in [-0.39, 0.29) is 26.8 Å². The lowest BCUT2D eigenvalue weighted by atomic mass is 10.6. The third kappa shape index (κ3) is 6.55. The Morgan fingerprint density at radius 2 is 1.16 bits per heavy atom. The minimum absolute atomic E-state index is 0.0620. The van der Waals surface area contributed by atoms with Crippen molar-refractivity contribution in [3.05, 3.63) is 0 Å². The fourth-order valence-electron chi connectivity index (χ4n) is 2.01. The summed E-state index contributed by atoms with van der Waals surface area (Å²) < 4.78 is 20.7. The van der Waals surface area contributed by atoms with Crippen molar-refractivity contribution in [1.29, 1.82) is 0 Å². The highest BCUT2D eigenvalue weighted by atomic mass is 16.5. The van der Waals surface area contributed by atoms with Gasteiger partial charge in [-0.15, -0.1) is 0 Å². The Labute approximate surface area is 148 Å². The normalized spacial score (nSPS) is 10.8. The van der Waals surface area contributed by atoms with Gasteiger partial charge in [-0.1, -0.05) is 0 Å². The van der Waals surface area contributed by atoms with Crippen LogP contribution < -0.4 is 14.7 Å². The van der Waals surface area contributed by atoms with Gasteiger partial charge in [0.05, 0.1) is 6.61 Å². The molecule has 1 N–H and O–H groups in total. The van der Waals surface area contributed by atoms with Crippen LogP contribution in [0.3, 0.4) is 0 Å². The van der Waals surface area contributed by atoms with Gasteiger partial charge in [0, 0.05) is 42.0 Å². The molecule has 11 heteroatoms. The van der Waals surface area contributed by atoms with E-state index in [1.165, 1.54) is 0 Å². The smallest absolute Gasteiger partial charge is 0.235 e. The van der Waals surface area contributed by atoms with E-state index in [2.05, 4.69) is 15.0 Å². The molecule has 0 unspecified atom stereocenters. The minimum Gasteiger partial charge on any atom is -0.395 e. The molecule has 0 aromatic carbocycles. The highest BCUT2D eigenvalue weighted by molar-refractivity contribution is 5.45. The Balaban J connectivity index is 3.28. The Bertz CT molecular complexity index is 449. The Hall–Kier alpha value is -1.79. The van der Waals surface area contributed by atoms with Crippen LogP contribution in [0.25, 0.3) is 0 Å². The molecule has 1 heterocycles. The summed E-state index contributed by atoms with van der Waals surface area (Å²) in [7, 11) is 8.10. The molecule has 0 atom stereocenters. The van der Waals surface area contributed by atoms with Gasteiger partial charge in [0.1, 0.15) is 26.9 Å². The summed E-state index contributed by atoms with van der Waals surface area (Å²) in [6.07, 6.45) is 0. The molecule has 0 saturated heterocycles. The van der Waals surface area contributed by atoms with Gasteiger partial charge in [-0.05, 0) is 0 Å². The third-order valence-electron chi connectivity index (χ3n) is 3.05. The maximum atomic E-state index is 9.29. The van der Waals surface area contributed by atoms with Gasteiger partial charge >= 0.3 is 0 Å². The van der Waals surface area contributed by atoms with Crippen LogP contribution in [-0.4, -0.2) is 95.6 Å². The van der Waals surface area contributed by atoms with Crippen LogP contribution in [-0.2, 0) is 18.9 Å². The zero-order valence-electron chi connectivity index (χ0n) is 15.5. The molecule has 0 amide bonds. The number of aromatic nitrogens is 3. The molecule has 0 fully saturated rings. The first kappa shape index (κ1) is 21.3. The van der Waals surface area contributed by atoms with Crippen molar-refractivity contribution >= 4 is 17.8 Å². The van der Waals surface area contributed by atoms with Crippen molar-refractivity contribution in [3.8, 4) is 0 Å². The predicted molar refractivity (Wildman–Crippen MR) is 92.6 cm³/mol. The second-order valence-electron chi connectivity index (χ2n) is 5.13. The number of nitrogens with zero attached hydrogens (tertiary/aromatic N) is 6. The molecule has 144 valence electrons.